The minimum absolute atomic E-state index is 0.137. The maximum atomic E-state index is 12.1. The molecule has 0 spiro atoms. The lowest BCUT2D eigenvalue weighted by atomic mass is 10.1. The first-order valence-corrected chi connectivity index (χ1v) is 8.88. The number of nitrogens with one attached hydrogen (secondary N) is 2. The third-order valence-electron chi connectivity index (χ3n) is 3.73. The van der Waals surface area contributed by atoms with Crippen LogP contribution in [-0.4, -0.2) is 28.3 Å². The van der Waals surface area contributed by atoms with E-state index in [1.54, 1.807) is 19.5 Å². The van der Waals surface area contributed by atoms with Gasteiger partial charge in [0, 0.05) is 18.8 Å². The highest BCUT2D eigenvalue weighted by Gasteiger charge is 2.12. The van der Waals surface area contributed by atoms with Gasteiger partial charge in [0.2, 0.25) is 5.13 Å². The molecular weight excluding hydrogens is 350 g/mol. The van der Waals surface area contributed by atoms with Gasteiger partial charge >= 0.3 is 6.03 Å². The smallest absolute Gasteiger partial charge is 0.321 e. The minimum atomic E-state index is -0.321. The highest BCUT2D eigenvalue weighted by Crippen LogP contribution is 2.21. The zero-order valence-corrected chi connectivity index (χ0v) is 15.3. The number of anilines is 1. The number of urea groups is 1. The first-order valence-electron chi connectivity index (χ1n) is 8.07. The fourth-order valence-electron chi connectivity index (χ4n) is 2.40. The van der Waals surface area contributed by atoms with Crippen LogP contribution in [0.2, 0.25) is 0 Å². The monoisotopic (exact) mass is 369 g/mol. The van der Waals surface area contributed by atoms with Crippen molar-refractivity contribution < 1.29 is 9.53 Å². The molecule has 0 radical (unpaired) electrons. The fraction of sp³-hybridized carbons (Fsp3) is 0.222. The molecule has 3 rings (SSSR count). The van der Waals surface area contributed by atoms with Crippen LogP contribution in [0.1, 0.15) is 29.1 Å². The van der Waals surface area contributed by atoms with Crippen LogP contribution in [0.5, 0.6) is 5.75 Å². The number of pyridine rings is 1. The first-order chi connectivity index (χ1) is 12.6. The number of aromatic nitrogens is 3. The lowest BCUT2D eigenvalue weighted by Crippen LogP contribution is -2.31. The highest BCUT2D eigenvalue weighted by molar-refractivity contribution is 7.15. The van der Waals surface area contributed by atoms with Crippen molar-refractivity contribution in [1.29, 1.82) is 0 Å². The Morgan fingerprint density at radius 2 is 2.04 bits per heavy atom. The van der Waals surface area contributed by atoms with Crippen LogP contribution in [0.3, 0.4) is 0 Å². The Morgan fingerprint density at radius 3 is 2.81 bits per heavy atom. The van der Waals surface area contributed by atoms with E-state index >= 15 is 0 Å². The molecule has 2 aromatic heterocycles. The van der Waals surface area contributed by atoms with Crippen molar-refractivity contribution in [2.75, 3.05) is 12.4 Å². The number of ether oxygens (including phenoxy) is 1. The summed E-state index contributed by atoms with van der Waals surface area (Å²) in [5.74, 6) is 0.801. The Bertz CT molecular complexity index is 869. The summed E-state index contributed by atoms with van der Waals surface area (Å²) in [6.07, 6.45) is 4.02. The SMILES string of the molecule is COc1cccc(Cc2nnc(NC(=O)NC(C)c3ccncc3)s2)c1. The second kappa shape index (κ2) is 8.39. The van der Waals surface area contributed by atoms with E-state index in [9.17, 15) is 4.79 Å². The van der Waals surface area contributed by atoms with E-state index in [0.717, 1.165) is 21.9 Å². The van der Waals surface area contributed by atoms with Crippen molar-refractivity contribution in [2.45, 2.75) is 19.4 Å². The number of methoxy groups -OCH3 is 1. The van der Waals surface area contributed by atoms with Gasteiger partial charge < -0.3 is 10.1 Å². The third-order valence-corrected chi connectivity index (χ3v) is 4.57. The third kappa shape index (κ3) is 4.76. The summed E-state index contributed by atoms with van der Waals surface area (Å²) in [6, 6.07) is 11.1. The van der Waals surface area contributed by atoms with Crippen molar-refractivity contribution in [3.63, 3.8) is 0 Å². The Balaban J connectivity index is 1.56. The molecule has 0 aliphatic rings. The Morgan fingerprint density at radius 1 is 1.23 bits per heavy atom. The molecule has 0 aliphatic heterocycles. The molecule has 1 aromatic carbocycles. The van der Waals surface area contributed by atoms with E-state index in [4.69, 9.17) is 4.74 Å². The van der Waals surface area contributed by atoms with E-state index < -0.39 is 0 Å². The van der Waals surface area contributed by atoms with Gasteiger partial charge in [0.1, 0.15) is 10.8 Å². The normalized spacial score (nSPS) is 11.6. The number of carbonyl (C=O) groups excluding carboxylic acids is 1. The topological polar surface area (TPSA) is 89.0 Å². The summed E-state index contributed by atoms with van der Waals surface area (Å²) in [5.41, 5.74) is 2.05. The number of rotatable bonds is 6. The second-order valence-electron chi connectivity index (χ2n) is 5.63. The lowest BCUT2D eigenvalue weighted by Gasteiger charge is -2.13. The van der Waals surface area contributed by atoms with E-state index in [-0.39, 0.29) is 12.1 Å². The molecule has 0 fully saturated rings. The molecular formula is C18H19N5O2S. The summed E-state index contributed by atoms with van der Waals surface area (Å²) >= 11 is 1.35. The molecule has 7 nitrogen and oxygen atoms in total. The van der Waals surface area contributed by atoms with Crippen LogP contribution < -0.4 is 15.4 Å². The molecule has 2 heterocycles. The highest BCUT2D eigenvalue weighted by atomic mass is 32.1. The summed E-state index contributed by atoms with van der Waals surface area (Å²) in [5, 5.41) is 15.0. The van der Waals surface area contributed by atoms with Crippen molar-refractivity contribution in [2.24, 2.45) is 0 Å². The van der Waals surface area contributed by atoms with Gasteiger partial charge in [-0.2, -0.15) is 0 Å². The summed E-state index contributed by atoms with van der Waals surface area (Å²) in [6.45, 7) is 1.91. The molecule has 0 aliphatic carbocycles. The van der Waals surface area contributed by atoms with Crippen LogP contribution >= 0.6 is 11.3 Å². The maximum absolute atomic E-state index is 12.1. The zero-order valence-electron chi connectivity index (χ0n) is 14.5. The number of amides is 2. The van der Waals surface area contributed by atoms with E-state index in [2.05, 4.69) is 25.8 Å². The largest absolute Gasteiger partial charge is 0.497 e. The van der Waals surface area contributed by atoms with Gasteiger partial charge in [0.05, 0.1) is 13.2 Å². The molecule has 134 valence electrons. The second-order valence-corrected chi connectivity index (χ2v) is 6.69. The molecule has 0 saturated carbocycles. The molecule has 2 N–H and O–H groups in total. The van der Waals surface area contributed by atoms with Gasteiger partial charge in [-0.25, -0.2) is 4.79 Å². The Hall–Kier alpha value is -3.00. The van der Waals surface area contributed by atoms with Crippen molar-refractivity contribution >= 4 is 22.5 Å². The van der Waals surface area contributed by atoms with Crippen molar-refractivity contribution in [3.05, 3.63) is 64.9 Å². The van der Waals surface area contributed by atoms with E-state index in [1.807, 2.05) is 43.3 Å². The number of nitrogens with zero attached hydrogens (tertiary/aromatic N) is 3. The van der Waals surface area contributed by atoms with Gasteiger partial charge in [-0.15, -0.1) is 10.2 Å². The predicted octanol–water partition coefficient (Wildman–Crippen LogP) is 3.42. The van der Waals surface area contributed by atoms with Crippen LogP contribution in [0.4, 0.5) is 9.93 Å². The van der Waals surface area contributed by atoms with Crippen LogP contribution in [0.25, 0.3) is 0 Å². The molecule has 1 atom stereocenters. The number of hydrogen-bond donors (Lipinski definition) is 2. The molecule has 8 heteroatoms. The summed E-state index contributed by atoms with van der Waals surface area (Å²) in [4.78, 5) is 16.1. The Labute approximate surface area is 155 Å². The Kier molecular flexibility index (Phi) is 5.75. The standard InChI is InChI=1S/C18H19N5O2S/c1-12(14-6-8-19-9-7-14)20-17(24)21-18-23-22-16(26-18)11-13-4-3-5-15(10-13)25-2/h3-10,12H,11H2,1-2H3,(H2,20,21,23,24). The van der Waals surface area contributed by atoms with Crippen molar-refractivity contribution in [3.8, 4) is 5.75 Å². The summed E-state index contributed by atoms with van der Waals surface area (Å²) in [7, 11) is 1.64. The van der Waals surface area contributed by atoms with Crippen LogP contribution in [-0.2, 0) is 6.42 Å². The van der Waals surface area contributed by atoms with Gasteiger partial charge in [0.25, 0.3) is 0 Å². The molecule has 2 amide bonds. The quantitative estimate of drug-likeness (QED) is 0.695. The van der Waals surface area contributed by atoms with Crippen LogP contribution in [0.15, 0.2) is 48.8 Å². The zero-order chi connectivity index (χ0) is 18.4. The molecule has 3 aromatic rings. The predicted molar refractivity (Wildman–Crippen MR) is 101 cm³/mol. The first kappa shape index (κ1) is 17.8. The maximum Gasteiger partial charge on any atom is 0.321 e. The van der Waals surface area contributed by atoms with Crippen LogP contribution in [0, 0.1) is 0 Å². The number of carbonyl (C=O) groups is 1. The van der Waals surface area contributed by atoms with Gasteiger partial charge in [-0.3, -0.25) is 10.3 Å². The molecule has 0 saturated heterocycles. The van der Waals surface area contributed by atoms with Crippen molar-refractivity contribution in [1.82, 2.24) is 20.5 Å². The van der Waals surface area contributed by atoms with Gasteiger partial charge in [0.15, 0.2) is 0 Å². The van der Waals surface area contributed by atoms with E-state index in [0.29, 0.717) is 11.6 Å². The number of benzene rings is 1. The molecule has 26 heavy (non-hydrogen) atoms. The summed E-state index contributed by atoms with van der Waals surface area (Å²) < 4.78 is 5.22. The lowest BCUT2D eigenvalue weighted by molar-refractivity contribution is 0.249. The van der Waals surface area contributed by atoms with Gasteiger partial charge in [-0.05, 0) is 42.3 Å². The average Bonchev–Trinajstić information content (AvgIpc) is 3.09. The fourth-order valence-corrected chi connectivity index (χ4v) is 3.17. The molecule has 1 unspecified atom stereocenters. The number of hydrogen-bond acceptors (Lipinski definition) is 6. The van der Waals surface area contributed by atoms with Gasteiger partial charge in [-0.1, -0.05) is 23.5 Å². The average molecular weight is 369 g/mol. The van der Waals surface area contributed by atoms with E-state index in [1.165, 1.54) is 11.3 Å². The molecule has 0 bridgehead atoms. The minimum Gasteiger partial charge on any atom is -0.497 e.